The minimum atomic E-state index is -0.00986. The molecule has 2 heterocycles. The Balaban J connectivity index is 1.32. The van der Waals surface area contributed by atoms with Crippen LogP contribution in [0.5, 0.6) is 0 Å². The molecule has 6 nitrogen and oxygen atoms in total. The second kappa shape index (κ2) is 9.75. The molecule has 2 aromatic heterocycles. The van der Waals surface area contributed by atoms with E-state index in [2.05, 4.69) is 40.5 Å². The Morgan fingerprint density at radius 3 is 2.85 bits per heavy atom. The monoisotopic (exact) mass is 453 g/mol. The van der Waals surface area contributed by atoms with Gasteiger partial charge in [0, 0.05) is 34.9 Å². The van der Waals surface area contributed by atoms with Gasteiger partial charge in [-0.1, -0.05) is 61.7 Å². The van der Waals surface area contributed by atoms with Gasteiger partial charge < -0.3 is 5.32 Å². The van der Waals surface area contributed by atoms with E-state index >= 15 is 0 Å². The highest BCUT2D eigenvalue weighted by Gasteiger charge is 2.28. The van der Waals surface area contributed by atoms with Crippen LogP contribution in [-0.4, -0.2) is 31.9 Å². The summed E-state index contributed by atoms with van der Waals surface area (Å²) >= 11 is 0. The molecule has 34 heavy (non-hydrogen) atoms. The number of hydrogen-bond donors (Lipinski definition) is 1. The lowest BCUT2D eigenvalue weighted by atomic mass is 9.76. The van der Waals surface area contributed by atoms with Gasteiger partial charge in [-0.15, -0.1) is 5.10 Å². The molecule has 1 N–H and O–H groups in total. The van der Waals surface area contributed by atoms with Crippen molar-refractivity contribution in [3.8, 4) is 11.3 Å². The van der Waals surface area contributed by atoms with Crippen molar-refractivity contribution < 1.29 is 4.79 Å². The number of nitrogens with zero attached hydrogens (tertiary/aromatic N) is 4. The van der Waals surface area contributed by atoms with Crippen molar-refractivity contribution in [3.63, 3.8) is 0 Å². The van der Waals surface area contributed by atoms with Crippen LogP contribution in [0.3, 0.4) is 0 Å². The summed E-state index contributed by atoms with van der Waals surface area (Å²) in [5.41, 5.74) is 3.45. The lowest BCUT2D eigenvalue weighted by molar-refractivity contribution is 0.0902. The first kappa shape index (κ1) is 22.3. The summed E-state index contributed by atoms with van der Waals surface area (Å²) in [4.78, 5) is 17.4. The second-order valence-corrected chi connectivity index (χ2v) is 9.58. The van der Waals surface area contributed by atoms with E-state index in [4.69, 9.17) is 0 Å². The Kier molecular flexibility index (Phi) is 6.39. The fraction of sp³-hybridized carbons (Fsp3) is 0.357. The SMILES string of the molecule is CC1CCCCC1C(C)NC(=O)c1ccccc1Cn1cc(-c2ccc3cnccc3c2)nn1. The fourth-order valence-corrected chi connectivity index (χ4v) is 5.28. The van der Waals surface area contributed by atoms with Gasteiger partial charge in [-0.25, -0.2) is 4.68 Å². The predicted octanol–water partition coefficient (Wildman–Crippen LogP) is 5.49. The van der Waals surface area contributed by atoms with Crippen molar-refractivity contribution in [2.45, 2.75) is 52.1 Å². The minimum absolute atomic E-state index is 0.00986. The van der Waals surface area contributed by atoms with E-state index in [0.29, 0.717) is 23.9 Å². The van der Waals surface area contributed by atoms with E-state index in [1.807, 2.05) is 54.9 Å². The molecule has 0 aliphatic heterocycles. The Morgan fingerprint density at radius 2 is 1.97 bits per heavy atom. The van der Waals surface area contributed by atoms with Gasteiger partial charge in [-0.05, 0) is 54.3 Å². The molecular formula is C28H31N5O. The minimum Gasteiger partial charge on any atom is -0.349 e. The molecule has 4 aromatic rings. The van der Waals surface area contributed by atoms with E-state index in [-0.39, 0.29) is 11.9 Å². The largest absolute Gasteiger partial charge is 0.349 e. The third kappa shape index (κ3) is 4.72. The molecule has 0 bridgehead atoms. The summed E-state index contributed by atoms with van der Waals surface area (Å²) < 4.78 is 1.80. The molecule has 3 unspecified atom stereocenters. The Hall–Kier alpha value is -3.54. The summed E-state index contributed by atoms with van der Waals surface area (Å²) in [6.07, 6.45) is 10.6. The molecule has 0 saturated heterocycles. The average Bonchev–Trinajstić information content (AvgIpc) is 3.32. The van der Waals surface area contributed by atoms with E-state index in [1.165, 1.54) is 25.7 Å². The molecular weight excluding hydrogens is 422 g/mol. The van der Waals surface area contributed by atoms with Crippen LogP contribution in [-0.2, 0) is 6.54 Å². The first-order valence-electron chi connectivity index (χ1n) is 12.2. The number of amides is 1. The number of aromatic nitrogens is 4. The molecule has 1 aliphatic carbocycles. The number of nitrogens with one attached hydrogen (secondary N) is 1. The van der Waals surface area contributed by atoms with Crippen LogP contribution in [0.2, 0.25) is 0 Å². The molecule has 6 heteroatoms. The summed E-state index contributed by atoms with van der Waals surface area (Å²) in [7, 11) is 0. The van der Waals surface area contributed by atoms with Crippen LogP contribution >= 0.6 is 0 Å². The lowest BCUT2D eigenvalue weighted by Crippen LogP contribution is -2.41. The number of hydrogen-bond acceptors (Lipinski definition) is 4. The van der Waals surface area contributed by atoms with Crippen LogP contribution in [0.4, 0.5) is 0 Å². The Bertz CT molecular complexity index is 1300. The maximum Gasteiger partial charge on any atom is 0.251 e. The molecule has 3 atom stereocenters. The van der Waals surface area contributed by atoms with Crippen LogP contribution in [0, 0.1) is 11.8 Å². The highest BCUT2D eigenvalue weighted by atomic mass is 16.1. The zero-order valence-corrected chi connectivity index (χ0v) is 19.8. The van der Waals surface area contributed by atoms with Gasteiger partial charge in [0.05, 0.1) is 12.7 Å². The van der Waals surface area contributed by atoms with Crippen molar-refractivity contribution >= 4 is 16.7 Å². The average molecular weight is 454 g/mol. The highest BCUT2D eigenvalue weighted by Crippen LogP contribution is 2.32. The standard InChI is InChI=1S/C28H31N5O/c1-19-7-3-5-9-25(19)20(2)30-28(34)26-10-6-4-8-24(26)17-33-18-27(31-32-33)22-11-12-23-16-29-14-13-21(23)15-22/h4,6,8,10-16,18-20,25H,3,5,7,9,17H2,1-2H3,(H,30,34). The Labute approximate surface area is 200 Å². The molecule has 1 fully saturated rings. The van der Waals surface area contributed by atoms with Gasteiger partial charge in [0.25, 0.3) is 5.91 Å². The van der Waals surface area contributed by atoms with Crippen LogP contribution in [0.1, 0.15) is 55.5 Å². The van der Waals surface area contributed by atoms with E-state index in [0.717, 1.165) is 27.6 Å². The second-order valence-electron chi connectivity index (χ2n) is 9.58. The zero-order valence-electron chi connectivity index (χ0n) is 19.8. The fourth-order valence-electron chi connectivity index (χ4n) is 5.28. The Morgan fingerprint density at radius 1 is 1.12 bits per heavy atom. The number of fused-ring (bicyclic) bond motifs is 1. The first-order chi connectivity index (χ1) is 16.6. The van der Waals surface area contributed by atoms with Gasteiger partial charge in [0.1, 0.15) is 5.69 Å². The topological polar surface area (TPSA) is 72.7 Å². The van der Waals surface area contributed by atoms with Gasteiger partial charge in [0.15, 0.2) is 0 Å². The van der Waals surface area contributed by atoms with Gasteiger partial charge >= 0.3 is 0 Å². The number of benzene rings is 2. The number of rotatable bonds is 6. The quantitative estimate of drug-likeness (QED) is 0.419. The summed E-state index contributed by atoms with van der Waals surface area (Å²) in [6.45, 7) is 4.95. The van der Waals surface area contributed by atoms with Crippen LogP contribution in [0.15, 0.2) is 67.1 Å². The van der Waals surface area contributed by atoms with E-state index in [1.54, 1.807) is 10.9 Å². The number of carbonyl (C=O) groups is 1. The van der Waals surface area contributed by atoms with Crippen molar-refractivity contribution in [2.24, 2.45) is 11.8 Å². The van der Waals surface area contributed by atoms with Crippen LogP contribution < -0.4 is 5.32 Å². The third-order valence-corrected chi connectivity index (χ3v) is 7.25. The highest BCUT2D eigenvalue weighted by molar-refractivity contribution is 5.95. The van der Waals surface area contributed by atoms with Crippen molar-refractivity contribution in [1.29, 1.82) is 0 Å². The summed E-state index contributed by atoms with van der Waals surface area (Å²) in [6, 6.07) is 16.1. The molecule has 5 rings (SSSR count). The summed E-state index contributed by atoms with van der Waals surface area (Å²) in [5, 5.41) is 14.2. The first-order valence-corrected chi connectivity index (χ1v) is 12.2. The third-order valence-electron chi connectivity index (χ3n) is 7.25. The van der Waals surface area contributed by atoms with Gasteiger partial charge in [-0.2, -0.15) is 0 Å². The van der Waals surface area contributed by atoms with Crippen molar-refractivity contribution in [1.82, 2.24) is 25.3 Å². The lowest BCUT2D eigenvalue weighted by Gasteiger charge is -2.34. The molecule has 1 aliphatic rings. The van der Waals surface area contributed by atoms with Gasteiger partial charge in [0.2, 0.25) is 0 Å². The molecule has 0 radical (unpaired) electrons. The maximum absolute atomic E-state index is 13.2. The van der Waals surface area contributed by atoms with Crippen LogP contribution in [0.25, 0.3) is 22.0 Å². The number of pyridine rings is 1. The van der Waals surface area contributed by atoms with Crippen molar-refractivity contribution in [2.75, 3.05) is 0 Å². The zero-order chi connectivity index (χ0) is 23.5. The van der Waals surface area contributed by atoms with E-state index in [9.17, 15) is 4.79 Å². The maximum atomic E-state index is 13.2. The molecule has 1 amide bonds. The number of carbonyl (C=O) groups excluding carboxylic acids is 1. The smallest absolute Gasteiger partial charge is 0.251 e. The molecule has 0 spiro atoms. The van der Waals surface area contributed by atoms with E-state index < -0.39 is 0 Å². The van der Waals surface area contributed by atoms with Gasteiger partial charge in [-0.3, -0.25) is 9.78 Å². The predicted molar refractivity (Wildman–Crippen MR) is 134 cm³/mol. The normalized spacial score (nSPS) is 19.1. The molecule has 1 saturated carbocycles. The van der Waals surface area contributed by atoms with Crippen molar-refractivity contribution in [3.05, 3.63) is 78.2 Å². The molecule has 174 valence electrons. The summed E-state index contributed by atoms with van der Waals surface area (Å²) in [5.74, 6) is 1.18. The molecule has 2 aromatic carbocycles.